The Morgan fingerprint density at radius 1 is 1.09 bits per heavy atom. The van der Waals surface area contributed by atoms with Crippen molar-refractivity contribution in [2.24, 2.45) is 5.92 Å². The van der Waals surface area contributed by atoms with Crippen molar-refractivity contribution in [2.45, 2.75) is 88.0 Å². The lowest BCUT2D eigenvalue weighted by Crippen LogP contribution is -2.57. The molecule has 2 aliphatic carbocycles. The van der Waals surface area contributed by atoms with E-state index in [4.69, 9.17) is 4.74 Å². The topological polar surface area (TPSA) is 171 Å². The van der Waals surface area contributed by atoms with Crippen molar-refractivity contribution in [1.29, 1.82) is 0 Å². The van der Waals surface area contributed by atoms with E-state index in [1.54, 1.807) is 53.5 Å². The maximum atomic E-state index is 13.1. The number of sulfonamides is 1. The first-order chi connectivity index (χ1) is 25.3. The molecule has 15 heteroatoms. The first-order valence-corrected chi connectivity index (χ1v) is 20.3. The predicted octanol–water partition coefficient (Wildman–Crippen LogP) is 4.76. The van der Waals surface area contributed by atoms with Crippen molar-refractivity contribution < 1.29 is 27.5 Å². The van der Waals surface area contributed by atoms with Gasteiger partial charge in [0.05, 0.1) is 29.3 Å². The Bertz CT molecular complexity index is 2050. The number of terminal acetylenes is 1. The smallest absolute Gasteiger partial charge is 0.320 e. The Labute approximate surface area is 314 Å². The molecule has 7 rings (SSSR count). The fourth-order valence-electron chi connectivity index (χ4n) is 6.57. The van der Waals surface area contributed by atoms with Crippen LogP contribution in [-0.4, -0.2) is 90.1 Å². The van der Waals surface area contributed by atoms with Crippen LogP contribution in [0.5, 0.6) is 5.75 Å². The minimum atomic E-state index is -3.71. The lowest BCUT2D eigenvalue weighted by atomic mass is 10.1. The first kappa shape index (κ1) is 39.5. The quantitative estimate of drug-likeness (QED) is 0.238. The van der Waals surface area contributed by atoms with Crippen molar-refractivity contribution >= 4 is 50.1 Å². The number of methoxy groups -OCH3 is 1. The molecule has 2 saturated carbocycles. The van der Waals surface area contributed by atoms with E-state index >= 15 is 0 Å². The molecule has 4 heterocycles. The van der Waals surface area contributed by atoms with Gasteiger partial charge in [0.1, 0.15) is 22.3 Å². The molecular formula is C38H48N6O7S2. The van der Waals surface area contributed by atoms with Crippen LogP contribution in [0.3, 0.4) is 0 Å². The van der Waals surface area contributed by atoms with E-state index in [2.05, 4.69) is 46.7 Å². The van der Waals surface area contributed by atoms with Gasteiger partial charge in [-0.3, -0.25) is 19.1 Å². The molecule has 0 radical (unpaired) electrons. The molecule has 1 aromatic carbocycles. The fourth-order valence-corrected chi connectivity index (χ4v) is 8.89. The molecule has 3 aromatic rings. The molecule has 284 valence electrons. The number of fused-ring (bicyclic) bond motifs is 3. The summed E-state index contributed by atoms with van der Waals surface area (Å²) in [6, 6.07) is 6.19. The maximum Gasteiger partial charge on any atom is 0.320 e. The van der Waals surface area contributed by atoms with Gasteiger partial charge in [0.25, 0.3) is 5.91 Å². The number of rotatable bonds is 6. The first-order valence-electron chi connectivity index (χ1n) is 17.9. The Hall–Kier alpha value is -4.68. The molecule has 3 fully saturated rings. The van der Waals surface area contributed by atoms with Gasteiger partial charge >= 0.3 is 6.03 Å². The Morgan fingerprint density at radius 2 is 1.85 bits per heavy atom. The van der Waals surface area contributed by atoms with Crippen molar-refractivity contribution in [3.63, 3.8) is 0 Å². The van der Waals surface area contributed by atoms with E-state index in [9.17, 15) is 27.6 Å². The number of amides is 4. The minimum Gasteiger partial charge on any atom is -0.497 e. The van der Waals surface area contributed by atoms with Crippen molar-refractivity contribution in [2.75, 3.05) is 27.2 Å². The standard InChI is InChI=1S/C20H30N4O5S.C16H16N2O2S.C2H2/c1-23-11-5-3-2-4-7-14-13-20(14,18(26)22-30(28,29)15-9-10-15)21-17(25)16-8-6-12-24(16)19(23)27;1-9(2)14-8-21-16(18-14)13-7-15(19)11-5-4-10(20-3)6-12(11)17-13;1-2/h4,7,14-16H,2-3,5-6,8-13H2,1H3,(H,21,25)(H,22,26);4-9H,1-3H3,(H,17,19);1-2H/b7-4-;;/t14-,16+,20-;;/m1../s1. The zero-order valence-electron chi connectivity index (χ0n) is 30.6. The van der Waals surface area contributed by atoms with Gasteiger partial charge in [0.15, 0.2) is 5.43 Å². The number of aromatic amines is 1. The molecule has 1 saturated heterocycles. The summed E-state index contributed by atoms with van der Waals surface area (Å²) >= 11 is 1.55. The molecular weight excluding hydrogens is 717 g/mol. The number of nitrogens with zero attached hydrogens (tertiary/aromatic N) is 3. The summed E-state index contributed by atoms with van der Waals surface area (Å²) in [5.74, 6) is -0.203. The average Bonchev–Trinajstić information content (AvgIpc) is 4.00. The van der Waals surface area contributed by atoms with Crippen molar-refractivity contribution in [1.82, 2.24) is 29.8 Å². The third-order valence-electron chi connectivity index (χ3n) is 9.96. The van der Waals surface area contributed by atoms with E-state index in [0.717, 1.165) is 53.3 Å². The summed E-state index contributed by atoms with van der Waals surface area (Å²) in [7, 11) is -0.353. The average molecular weight is 765 g/mol. The third kappa shape index (κ3) is 8.93. The maximum absolute atomic E-state index is 13.1. The van der Waals surface area contributed by atoms with Crippen LogP contribution in [0.25, 0.3) is 21.6 Å². The van der Waals surface area contributed by atoms with Gasteiger partial charge in [0, 0.05) is 49.0 Å². The zero-order valence-corrected chi connectivity index (χ0v) is 32.2. The number of nitrogens with one attached hydrogen (secondary N) is 3. The second kappa shape index (κ2) is 16.6. The number of H-pyrrole nitrogens is 1. The molecule has 0 unspecified atom stereocenters. The van der Waals surface area contributed by atoms with Crippen LogP contribution < -0.4 is 20.2 Å². The molecule has 53 heavy (non-hydrogen) atoms. The highest BCUT2D eigenvalue weighted by Gasteiger charge is 2.61. The predicted molar refractivity (Wildman–Crippen MR) is 206 cm³/mol. The summed E-state index contributed by atoms with van der Waals surface area (Å²) < 4.78 is 32.0. The summed E-state index contributed by atoms with van der Waals surface area (Å²) in [5.41, 5.74) is 1.28. The van der Waals surface area contributed by atoms with Gasteiger partial charge in [-0.05, 0) is 69.4 Å². The SMILES string of the molecule is C#C.CN1CCCC/C=C\[C@@H]2C[C@@]2(C(=O)NS(=O)(=O)C2CC2)NC(=O)[C@@H]2CCCN2C1=O.COc1ccc2c(=O)cc(-c3nc(C(C)C)cs3)[nH]c2c1. The van der Waals surface area contributed by atoms with E-state index in [-0.39, 0.29) is 23.3 Å². The fraction of sp³-hybridized carbons (Fsp3) is 0.500. The minimum absolute atomic E-state index is 0.0114. The number of thiazole rings is 1. The van der Waals surface area contributed by atoms with Crippen LogP contribution in [0.1, 0.15) is 76.8 Å². The van der Waals surface area contributed by atoms with Gasteiger partial charge < -0.3 is 24.8 Å². The zero-order chi connectivity index (χ0) is 38.5. The molecule has 2 aromatic heterocycles. The number of benzene rings is 1. The molecule has 4 amide bonds. The number of hydrogen-bond donors (Lipinski definition) is 3. The summed E-state index contributed by atoms with van der Waals surface area (Å²) in [5, 5.41) is 5.84. The molecule has 13 nitrogen and oxygen atoms in total. The van der Waals surface area contributed by atoms with E-state index in [1.165, 1.54) is 0 Å². The highest BCUT2D eigenvalue weighted by Crippen LogP contribution is 2.46. The number of urea groups is 1. The summed E-state index contributed by atoms with van der Waals surface area (Å²) in [6.07, 6.45) is 17.2. The largest absolute Gasteiger partial charge is 0.497 e. The lowest BCUT2D eigenvalue weighted by Gasteiger charge is -2.30. The van der Waals surface area contributed by atoms with Crippen LogP contribution >= 0.6 is 11.3 Å². The number of pyridine rings is 1. The third-order valence-corrected chi connectivity index (χ3v) is 12.7. The Morgan fingerprint density at radius 3 is 2.53 bits per heavy atom. The lowest BCUT2D eigenvalue weighted by molar-refractivity contribution is -0.131. The molecule has 3 N–H and O–H groups in total. The highest BCUT2D eigenvalue weighted by atomic mass is 32.2. The van der Waals surface area contributed by atoms with E-state index in [1.807, 2.05) is 23.6 Å². The molecule has 2 aliphatic heterocycles. The van der Waals surface area contributed by atoms with Gasteiger partial charge in [-0.15, -0.1) is 24.2 Å². The van der Waals surface area contributed by atoms with Crippen molar-refractivity contribution in [3.8, 4) is 29.3 Å². The second-order valence-electron chi connectivity index (χ2n) is 14.1. The summed E-state index contributed by atoms with van der Waals surface area (Å²) in [4.78, 5) is 62.2. The van der Waals surface area contributed by atoms with E-state index in [0.29, 0.717) is 50.1 Å². The molecule has 3 atom stereocenters. The van der Waals surface area contributed by atoms with Crippen LogP contribution in [0.15, 0.2) is 46.6 Å². The highest BCUT2D eigenvalue weighted by molar-refractivity contribution is 7.91. The van der Waals surface area contributed by atoms with E-state index < -0.39 is 32.8 Å². The molecule has 0 spiro atoms. The number of allylic oxidation sites excluding steroid dienone is 1. The molecule has 4 aliphatic rings. The Kier molecular flexibility index (Phi) is 12.3. The Balaban J connectivity index is 0.000000206. The van der Waals surface area contributed by atoms with Crippen LogP contribution in [0, 0.1) is 18.8 Å². The van der Waals surface area contributed by atoms with Gasteiger partial charge in [0.2, 0.25) is 15.9 Å². The van der Waals surface area contributed by atoms with Crippen LogP contribution in [-0.2, 0) is 19.6 Å². The van der Waals surface area contributed by atoms with Gasteiger partial charge in [-0.2, -0.15) is 0 Å². The molecule has 0 bridgehead atoms. The van der Waals surface area contributed by atoms with Crippen LogP contribution in [0.4, 0.5) is 4.79 Å². The number of carbonyl (C=O) groups excluding carboxylic acids is 3. The monoisotopic (exact) mass is 764 g/mol. The van der Waals surface area contributed by atoms with Crippen molar-refractivity contribution in [3.05, 3.63) is 57.7 Å². The summed E-state index contributed by atoms with van der Waals surface area (Å²) in [6.45, 7) is 5.34. The number of aromatic nitrogens is 2. The normalized spacial score (nSPS) is 23.6. The number of hydrogen-bond acceptors (Lipinski definition) is 9. The van der Waals surface area contributed by atoms with Gasteiger partial charge in [-0.1, -0.05) is 26.0 Å². The van der Waals surface area contributed by atoms with Gasteiger partial charge in [-0.25, -0.2) is 18.2 Å². The second-order valence-corrected chi connectivity index (χ2v) is 16.9. The number of ether oxygens (including phenoxy) is 1. The van der Waals surface area contributed by atoms with Crippen LogP contribution in [0.2, 0.25) is 0 Å². The number of carbonyl (C=O) groups is 3.